The maximum atomic E-state index is 13.5. The Morgan fingerprint density at radius 2 is 1.74 bits per heavy atom. The van der Waals surface area contributed by atoms with Crippen molar-refractivity contribution in [3.05, 3.63) is 65.2 Å². The summed E-state index contributed by atoms with van der Waals surface area (Å²) in [6.07, 6.45) is 0.701. The minimum absolute atomic E-state index is 0.0956. The smallest absolute Gasteiger partial charge is 0.254 e. The number of rotatable bonds is 9. The maximum absolute atomic E-state index is 13.5. The maximum Gasteiger partial charge on any atom is 0.254 e. The number of aryl methyl sites for hydroxylation is 1. The van der Waals surface area contributed by atoms with Gasteiger partial charge in [0.15, 0.2) is 0 Å². The Labute approximate surface area is 161 Å². The number of carbonyl (C=O) groups excluding carboxylic acids is 2. The Kier molecular flexibility index (Phi) is 8.26. The van der Waals surface area contributed by atoms with Gasteiger partial charge in [-0.05, 0) is 37.6 Å². The SMILES string of the molecule is Cc1ccc(SCCNC(=O)CCCNC(=O)c2ccc(F)cc2F)cc1. The second kappa shape index (κ2) is 10.7. The third kappa shape index (κ3) is 7.38. The molecule has 2 aromatic carbocycles. The Bertz CT molecular complexity index is 782. The van der Waals surface area contributed by atoms with Crippen molar-refractivity contribution >= 4 is 23.6 Å². The van der Waals surface area contributed by atoms with E-state index in [4.69, 9.17) is 0 Å². The summed E-state index contributed by atoms with van der Waals surface area (Å²) >= 11 is 1.67. The molecule has 2 aromatic rings. The summed E-state index contributed by atoms with van der Waals surface area (Å²) in [6, 6.07) is 11.0. The molecule has 0 radical (unpaired) electrons. The van der Waals surface area contributed by atoms with Crippen LogP contribution < -0.4 is 10.6 Å². The highest BCUT2D eigenvalue weighted by Gasteiger charge is 2.12. The lowest BCUT2D eigenvalue weighted by molar-refractivity contribution is -0.121. The summed E-state index contributed by atoms with van der Waals surface area (Å²) in [5.41, 5.74) is 0.996. The monoisotopic (exact) mass is 392 g/mol. The standard InChI is InChI=1S/C20H22F2N2O2S/c1-14-4-7-16(8-5-14)27-12-11-23-19(25)3-2-10-24-20(26)17-9-6-15(21)13-18(17)22/h4-9,13H,2-3,10-12H2,1H3,(H,23,25)(H,24,26). The first-order valence-corrected chi connectivity index (χ1v) is 9.63. The van der Waals surface area contributed by atoms with Gasteiger partial charge in [-0.2, -0.15) is 0 Å². The number of thioether (sulfide) groups is 1. The van der Waals surface area contributed by atoms with Gasteiger partial charge in [0.1, 0.15) is 11.6 Å². The van der Waals surface area contributed by atoms with Gasteiger partial charge in [-0.1, -0.05) is 17.7 Å². The molecule has 0 aliphatic heterocycles. The molecule has 0 aliphatic rings. The van der Waals surface area contributed by atoms with Crippen LogP contribution in [0.15, 0.2) is 47.4 Å². The van der Waals surface area contributed by atoms with Crippen molar-refractivity contribution in [1.29, 1.82) is 0 Å². The zero-order valence-electron chi connectivity index (χ0n) is 15.1. The van der Waals surface area contributed by atoms with Gasteiger partial charge in [-0.25, -0.2) is 8.78 Å². The van der Waals surface area contributed by atoms with Crippen LogP contribution >= 0.6 is 11.8 Å². The first kappa shape index (κ1) is 20.9. The molecular weight excluding hydrogens is 370 g/mol. The van der Waals surface area contributed by atoms with Crippen LogP contribution in [0.25, 0.3) is 0 Å². The molecule has 0 fully saturated rings. The predicted octanol–water partition coefficient (Wildman–Crippen LogP) is 3.69. The van der Waals surface area contributed by atoms with Gasteiger partial charge in [0, 0.05) is 36.2 Å². The number of halogens is 2. The normalized spacial score (nSPS) is 10.5. The van der Waals surface area contributed by atoms with Crippen LogP contribution in [0.2, 0.25) is 0 Å². The summed E-state index contributed by atoms with van der Waals surface area (Å²) in [4.78, 5) is 24.7. The van der Waals surface area contributed by atoms with Gasteiger partial charge < -0.3 is 10.6 Å². The molecule has 4 nitrogen and oxygen atoms in total. The van der Waals surface area contributed by atoms with Gasteiger partial charge in [-0.15, -0.1) is 11.8 Å². The number of hydrogen-bond acceptors (Lipinski definition) is 3. The van der Waals surface area contributed by atoms with Crippen molar-refractivity contribution in [2.24, 2.45) is 0 Å². The van der Waals surface area contributed by atoms with E-state index >= 15 is 0 Å². The molecule has 2 N–H and O–H groups in total. The number of amides is 2. The molecule has 0 saturated carbocycles. The van der Waals surface area contributed by atoms with Crippen molar-refractivity contribution in [2.75, 3.05) is 18.8 Å². The number of benzene rings is 2. The largest absolute Gasteiger partial charge is 0.355 e. The van der Waals surface area contributed by atoms with Crippen LogP contribution in [0.5, 0.6) is 0 Å². The molecule has 2 rings (SSSR count). The van der Waals surface area contributed by atoms with E-state index in [0.717, 1.165) is 22.8 Å². The van der Waals surface area contributed by atoms with Crippen molar-refractivity contribution in [3.8, 4) is 0 Å². The quantitative estimate of drug-likeness (QED) is 0.505. The highest BCUT2D eigenvalue weighted by atomic mass is 32.2. The molecule has 7 heteroatoms. The van der Waals surface area contributed by atoms with Crippen LogP contribution in [0.4, 0.5) is 8.78 Å². The molecule has 0 saturated heterocycles. The summed E-state index contributed by atoms with van der Waals surface area (Å²) in [7, 11) is 0. The first-order chi connectivity index (χ1) is 13.0. The lowest BCUT2D eigenvalue weighted by Crippen LogP contribution is -2.29. The van der Waals surface area contributed by atoms with E-state index in [2.05, 4.69) is 22.8 Å². The van der Waals surface area contributed by atoms with E-state index in [1.54, 1.807) is 11.8 Å². The van der Waals surface area contributed by atoms with Gasteiger partial charge >= 0.3 is 0 Å². The third-order valence-electron chi connectivity index (χ3n) is 3.76. The van der Waals surface area contributed by atoms with Crippen LogP contribution in [0, 0.1) is 18.6 Å². The average Bonchev–Trinajstić information content (AvgIpc) is 2.63. The predicted molar refractivity (Wildman–Crippen MR) is 103 cm³/mol. The fourth-order valence-corrected chi connectivity index (χ4v) is 3.07. The molecule has 0 atom stereocenters. The topological polar surface area (TPSA) is 58.2 Å². The van der Waals surface area contributed by atoms with Gasteiger partial charge in [0.2, 0.25) is 5.91 Å². The Morgan fingerprint density at radius 3 is 2.44 bits per heavy atom. The summed E-state index contributed by atoms with van der Waals surface area (Å²) < 4.78 is 26.3. The molecule has 0 aromatic heterocycles. The van der Waals surface area contributed by atoms with E-state index in [1.165, 1.54) is 5.56 Å². The number of hydrogen-bond donors (Lipinski definition) is 2. The minimum atomic E-state index is -0.906. The van der Waals surface area contributed by atoms with Crippen LogP contribution in [0.1, 0.15) is 28.8 Å². The van der Waals surface area contributed by atoms with Crippen LogP contribution in [-0.4, -0.2) is 30.7 Å². The molecule has 2 amide bonds. The number of carbonyl (C=O) groups is 2. The van der Waals surface area contributed by atoms with E-state index in [0.29, 0.717) is 19.0 Å². The van der Waals surface area contributed by atoms with Crippen molar-refractivity contribution in [2.45, 2.75) is 24.7 Å². The Hall–Kier alpha value is -2.41. The first-order valence-electron chi connectivity index (χ1n) is 8.65. The zero-order chi connectivity index (χ0) is 19.6. The highest BCUT2D eigenvalue weighted by molar-refractivity contribution is 7.99. The fourth-order valence-electron chi connectivity index (χ4n) is 2.30. The molecule has 0 heterocycles. The molecule has 144 valence electrons. The number of nitrogens with one attached hydrogen (secondary N) is 2. The molecule has 0 spiro atoms. The average molecular weight is 392 g/mol. The van der Waals surface area contributed by atoms with Crippen molar-refractivity contribution < 1.29 is 18.4 Å². The van der Waals surface area contributed by atoms with E-state index in [-0.39, 0.29) is 24.4 Å². The van der Waals surface area contributed by atoms with Crippen molar-refractivity contribution in [3.63, 3.8) is 0 Å². The van der Waals surface area contributed by atoms with Crippen LogP contribution in [0.3, 0.4) is 0 Å². The molecule has 0 bridgehead atoms. The van der Waals surface area contributed by atoms with Crippen molar-refractivity contribution in [1.82, 2.24) is 10.6 Å². The molecule has 0 aliphatic carbocycles. The second-order valence-corrected chi connectivity index (χ2v) is 7.16. The Balaban J connectivity index is 1.57. The Morgan fingerprint density at radius 1 is 1.00 bits per heavy atom. The van der Waals surface area contributed by atoms with Gasteiger partial charge in [0.25, 0.3) is 5.91 Å². The van der Waals surface area contributed by atoms with Gasteiger partial charge in [-0.3, -0.25) is 9.59 Å². The van der Waals surface area contributed by atoms with Gasteiger partial charge in [0.05, 0.1) is 5.56 Å². The lowest BCUT2D eigenvalue weighted by Gasteiger charge is -2.07. The fraction of sp³-hybridized carbons (Fsp3) is 0.300. The third-order valence-corrected chi connectivity index (χ3v) is 4.77. The molecule has 27 heavy (non-hydrogen) atoms. The highest BCUT2D eigenvalue weighted by Crippen LogP contribution is 2.17. The second-order valence-electron chi connectivity index (χ2n) is 6.00. The van der Waals surface area contributed by atoms with E-state index < -0.39 is 17.5 Å². The van der Waals surface area contributed by atoms with E-state index in [9.17, 15) is 18.4 Å². The van der Waals surface area contributed by atoms with Crippen LogP contribution in [-0.2, 0) is 4.79 Å². The lowest BCUT2D eigenvalue weighted by atomic mass is 10.2. The zero-order valence-corrected chi connectivity index (χ0v) is 15.9. The van der Waals surface area contributed by atoms with E-state index in [1.807, 2.05) is 19.1 Å². The minimum Gasteiger partial charge on any atom is -0.355 e. The molecule has 0 unspecified atom stereocenters. The summed E-state index contributed by atoms with van der Waals surface area (Å²) in [5, 5.41) is 5.35. The molecular formula is C20H22F2N2O2S. The summed E-state index contributed by atoms with van der Waals surface area (Å²) in [5.74, 6) is -1.59. The summed E-state index contributed by atoms with van der Waals surface area (Å²) in [6.45, 7) is 2.83.